The van der Waals surface area contributed by atoms with Gasteiger partial charge in [0.25, 0.3) is 0 Å². The first-order valence-corrected chi connectivity index (χ1v) is 5.58. The Morgan fingerprint density at radius 1 is 1.50 bits per heavy atom. The van der Waals surface area contributed by atoms with Gasteiger partial charge in [-0.2, -0.15) is 0 Å². The Labute approximate surface area is 101 Å². The lowest BCUT2D eigenvalue weighted by Crippen LogP contribution is -2.28. The van der Waals surface area contributed by atoms with Gasteiger partial charge in [0, 0.05) is 11.6 Å². The van der Waals surface area contributed by atoms with E-state index < -0.39 is 0 Å². The van der Waals surface area contributed by atoms with Crippen LogP contribution in [0.1, 0.15) is 19.4 Å². The van der Waals surface area contributed by atoms with Crippen molar-refractivity contribution >= 4 is 17.5 Å². The fourth-order valence-electron chi connectivity index (χ4n) is 1.14. The van der Waals surface area contributed by atoms with Crippen LogP contribution in [0.4, 0.5) is 0 Å². The van der Waals surface area contributed by atoms with Crippen LogP contribution in [0.3, 0.4) is 0 Å². The second-order valence-electron chi connectivity index (χ2n) is 3.77. The highest BCUT2D eigenvalue weighted by molar-refractivity contribution is 6.30. The number of amides is 1. The molecule has 0 saturated carbocycles. The van der Waals surface area contributed by atoms with Gasteiger partial charge >= 0.3 is 0 Å². The van der Waals surface area contributed by atoms with Crippen LogP contribution < -0.4 is 5.32 Å². The van der Waals surface area contributed by atoms with Crippen LogP contribution in [0.15, 0.2) is 24.3 Å². The van der Waals surface area contributed by atoms with Gasteiger partial charge in [0.1, 0.15) is 6.61 Å². The minimum absolute atomic E-state index is 0.0666. The van der Waals surface area contributed by atoms with Crippen LogP contribution in [-0.2, 0) is 16.1 Å². The van der Waals surface area contributed by atoms with Crippen molar-refractivity contribution in [2.75, 3.05) is 6.61 Å². The normalized spacial score (nSPS) is 10.5. The third-order valence-electron chi connectivity index (χ3n) is 1.93. The molecule has 0 unspecified atom stereocenters. The predicted molar refractivity (Wildman–Crippen MR) is 64.4 cm³/mol. The molecule has 1 rings (SSSR count). The number of halogens is 1. The molecule has 1 aromatic rings. The van der Waals surface area contributed by atoms with Crippen LogP contribution in [-0.4, -0.2) is 18.6 Å². The van der Waals surface area contributed by atoms with Crippen LogP contribution in [0.25, 0.3) is 0 Å². The van der Waals surface area contributed by atoms with E-state index in [4.69, 9.17) is 16.3 Å². The van der Waals surface area contributed by atoms with Crippen molar-refractivity contribution < 1.29 is 9.53 Å². The Morgan fingerprint density at radius 2 is 2.25 bits per heavy atom. The monoisotopic (exact) mass is 241 g/mol. The summed E-state index contributed by atoms with van der Waals surface area (Å²) in [5.74, 6) is -0.117. The Bertz CT molecular complexity index is 353. The van der Waals surface area contributed by atoms with Crippen LogP contribution in [0, 0.1) is 0 Å². The van der Waals surface area contributed by atoms with Gasteiger partial charge in [0.2, 0.25) is 5.91 Å². The van der Waals surface area contributed by atoms with Crippen LogP contribution in [0.2, 0.25) is 5.02 Å². The smallest absolute Gasteiger partial charge is 0.246 e. The molecule has 0 aliphatic carbocycles. The van der Waals surface area contributed by atoms with Crippen molar-refractivity contribution in [3.8, 4) is 0 Å². The van der Waals surface area contributed by atoms with Gasteiger partial charge in [-0.05, 0) is 31.5 Å². The van der Waals surface area contributed by atoms with Crippen molar-refractivity contribution in [1.29, 1.82) is 0 Å². The first-order chi connectivity index (χ1) is 7.58. The predicted octanol–water partition coefficient (Wildman–Crippen LogP) is 2.38. The molecule has 1 N–H and O–H groups in total. The molecule has 0 saturated heterocycles. The summed E-state index contributed by atoms with van der Waals surface area (Å²) in [7, 11) is 0. The molecule has 0 atom stereocenters. The summed E-state index contributed by atoms with van der Waals surface area (Å²) >= 11 is 5.83. The van der Waals surface area contributed by atoms with Gasteiger partial charge in [-0.1, -0.05) is 23.7 Å². The van der Waals surface area contributed by atoms with Gasteiger partial charge < -0.3 is 10.1 Å². The summed E-state index contributed by atoms with van der Waals surface area (Å²) in [4.78, 5) is 11.3. The highest BCUT2D eigenvalue weighted by atomic mass is 35.5. The second kappa shape index (κ2) is 6.51. The van der Waals surface area contributed by atoms with Crippen molar-refractivity contribution in [1.82, 2.24) is 5.32 Å². The third kappa shape index (κ3) is 5.14. The molecule has 0 radical (unpaired) electrons. The Kier molecular flexibility index (Phi) is 5.29. The lowest BCUT2D eigenvalue weighted by Gasteiger charge is -2.08. The summed E-state index contributed by atoms with van der Waals surface area (Å²) in [5, 5.41) is 3.43. The summed E-state index contributed by atoms with van der Waals surface area (Å²) in [6.45, 7) is 4.35. The molecule has 0 fully saturated rings. The van der Waals surface area contributed by atoms with Gasteiger partial charge in [-0.15, -0.1) is 0 Å². The van der Waals surface area contributed by atoms with Gasteiger partial charge in [0.15, 0.2) is 0 Å². The van der Waals surface area contributed by atoms with Gasteiger partial charge in [-0.3, -0.25) is 4.79 Å². The zero-order valence-electron chi connectivity index (χ0n) is 9.50. The largest absolute Gasteiger partial charge is 0.369 e. The lowest BCUT2D eigenvalue weighted by atomic mass is 10.2. The first-order valence-electron chi connectivity index (χ1n) is 5.20. The van der Waals surface area contributed by atoms with E-state index in [1.54, 1.807) is 6.07 Å². The number of hydrogen-bond acceptors (Lipinski definition) is 2. The first kappa shape index (κ1) is 13.0. The molecule has 88 valence electrons. The van der Waals surface area contributed by atoms with Gasteiger partial charge in [-0.25, -0.2) is 0 Å². The van der Waals surface area contributed by atoms with Crippen molar-refractivity contribution in [3.63, 3.8) is 0 Å². The number of benzene rings is 1. The molecule has 0 bridgehead atoms. The molecule has 3 nitrogen and oxygen atoms in total. The molecular weight excluding hydrogens is 226 g/mol. The maximum Gasteiger partial charge on any atom is 0.246 e. The van der Waals surface area contributed by atoms with Gasteiger partial charge in [0.05, 0.1) is 6.10 Å². The molecule has 0 aromatic heterocycles. The van der Waals surface area contributed by atoms with Crippen molar-refractivity contribution in [3.05, 3.63) is 34.9 Å². The molecule has 1 aromatic carbocycles. The number of ether oxygens (including phenoxy) is 1. The molecular formula is C12H16ClNO2. The van der Waals surface area contributed by atoms with E-state index in [-0.39, 0.29) is 18.6 Å². The van der Waals surface area contributed by atoms with Crippen LogP contribution in [0.5, 0.6) is 0 Å². The van der Waals surface area contributed by atoms with E-state index in [0.29, 0.717) is 11.6 Å². The Balaban J connectivity index is 2.31. The molecule has 0 aliphatic heterocycles. The molecule has 0 spiro atoms. The molecule has 4 heteroatoms. The molecule has 16 heavy (non-hydrogen) atoms. The maximum absolute atomic E-state index is 11.3. The molecule has 1 amide bonds. The average molecular weight is 242 g/mol. The summed E-state index contributed by atoms with van der Waals surface area (Å²) in [6.07, 6.45) is 0.0666. The number of carbonyl (C=O) groups is 1. The van der Waals surface area contributed by atoms with E-state index in [1.165, 1.54) is 0 Å². The fraction of sp³-hybridized carbons (Fsp3) is 0.417. The van der Waals surface area contributed by atoms with E-state index in [2.05, 4.69) is 5.32 Å². The van der Waals surface area contributed by atoms with Crippen LogP contribution >= 0.6 is 11.6 Å². The number of rotatable bonds is 5. The highest BCUT2D eigenvalue weighted by Gasteiger charge is 2.03. The number of hydrogen-bond donors (Lipinski definition) is 1. The molecule has 0 aliphatic rings. The minimum Gasteiger partial charge on any atom is -0.369 e. The van der Waals surface area contributed by atoms with E-state index in [0.717, 1.165) is 5.56 Å². The van der Waals surface area contributed by atoms with E-state index in [1.807, 2.05) is 32.0 Å². The summed E-state index contributed by atoms with van der Waals surface area (Å²) in [6, 6.07) is 7.39. The number of nitrogens with one attached hydrogen (secondary N) is 1. The fourth-order valence-corrected chi connectivity index (χ4v) is 1.35. The summed E-state index contributed by atoms with van der Waals surface area (Å²) < 4.78 is 5.18. The lowest BCUT2D eigenvalue weighted by molar-refractivity contribution is -0.127. The zero-order chi connectivity index (χ0) is 12.0. The topological polar surface area (TPSA) is 38.3 Å². The Hall–Kier alpha value is -1.06. The minimum atomic E-state index is -0.117. The SMILES string of the molecule is CC(C)OCC(=O)NCc1cccc(Cl)c1. The van der Waals surface area contributed by atoms with Crippen molar-refractivity contribution in [2.24, 2.45) is 0 Å². The van der Waals surface area contributed by atoms with E-state index in [9.17, 15) is 4.79 Å². The van der Waals surface area contributed by atoms with Crippen molar-refractivity contribution in [2.45, 2.75) is 26.5 Å². The number of carbonyl (C=O) groups excluding carboxylic acids is 1. The van der Waals surface area contributed by atoms with E-state index >= 15 is 0 Å². The quantitative estimate of drug-likeness (QED) is 0.860. The summed E-state index contributed by atoms with van der Waals surface area (Å²) in [5.41, 5.74) is 0.977. The standard InChI is InChI=1S/C12H16ClNO2/c1-9(2)16-8-12(15)14-7-10-4-3-5-11(13)6-10/h3-6,9H,7-8H2,1-2H3,(H,14,15). The highest BCUT2D eigenvalue weighted by Crippen LogP contribution is 2.10. The zero-order valence-corrected chi connectivity index (χ0v) is 10.3. The third-order valence-corrected chi connectivity index (χ3v) is 2.16. The maximum atomic E-state index is 11.3. The molecule has 0 heterocycles. The average Bonchev–Trinajstić information content (AvgIpc) is 2.23. The second-order valence-corrected chi connectivity index (χ2v) is 4.20. The Morgan fingerprint density at radius 3 is 2.88 bits per heavy atom.